The highest BCUT2D eigenvalue weighted by atomic mass is 35.5. The molecule has 204 valence electrons. The van der Waals surface area contributed by atoms with Gasteiger partial charge in [-0.15, -0.1) is 11.3 Å². The number of carbonyl (C=O) groups is 3. The second kappa shape index (κ2) is 11.8. The molecule has 1 saturated heterocycles. The Labute approximate surface area is 245 Å². The Hall–Kier alpha value is -3.72. The fourth-order valence-electron chi connectivity index (χ4n) is 4.85. The fourth-order valence-corrected chi connectivity index (χ4v) is 6.15. The van der Waals surface area contributed by atoms with Crippen LogP contribution in [-0.2, 0) is 0 Å². The predicted octanol–water partition coefficient (Wildman–Crippen LogP) is 7.40. The van der Waals surface area contributed by atoms with Crippen LogP contribution >= 0.6 is 34.5 Å². The molecule has 1 aromatic heterocycles. The summed E-state index contributed by atoms with van der Waals surface area (Å²) in [5.41, 5.74) is 3.16. The van der Waals surface area contributed by atoms with Crippen LogP contribution in [0.25, 0.3) is 10.4 Å². The number of aromatic nitrogens is 1. The molecular weight excluding hydrogens is 569 g/mol. The van der Waals surface area contributed by atoms with E-state index >= 15 is 0 Å². The molecule has 0 radical (unpaired) electrons. The molecule has 0 spiro atoms. The van der Waals surface area contributed by atoms with Gasteiger partial charge in [-0.3, -0.25) is 9.59 Å². The van der Waals surface area contributed by atoms with E-state index in [0.29, 0.717) is 39.3 Å². The van der Waals surface area contributed by atoms with Gasteiger partial charge in [0, 0.05) is 23.8 Å². The Morgan fingerprint density at radius 1 is 1.00 bits per heavy atom. The number of hydrogen-bond acceptors (Lipinski definition) is 5. The van der Waals surface area contributed by atoms with E-state index in [2.05, 4.69) is 10.3 Å². The van der Waals surface area contributed by atoms with Crippen molar-refractivity contribution in [1.29, 1.82) is 0 Å². The van der Waals surface area contributed by atoms with Crippen LogP contribution in [0.3, 0.4) is 0 Å². The molecule has 2 amide bonds. The summed E-state index contributed by atoms with van der Waals surface area (Å²) in [5, 5.41) is 13.6. The van der Waals surface area contributed by atoms with Crippen molar-refractivity contribution in [3.05, 3.63) is 104 Å². The van der Waals surface area contributed by atoms with E-state index < -0.39 is 11.9 Å². The summed E-state index contributed by atoms with van der Waals surface area (Å²) in [6, 6.07) is 19.0. The number of benzene rings is 3. The molecule has 2 heterocycles. The van der Waals surface area contributed by atoms with E-state index in [1.807, 2.05) is 31.2 Å². The Bertz CT molecular complexity index is 1590. The van der Waals surface area contributed by atoms with E-state index in [1.54, 1.807) is 47.4 Å². The lowest BCUT2D eigenvalue weighted by molar-refractivity contribution is 0.0691. The van der Waals surface area contributed by atoms with Crippen LogP contribution in [0.5, 0.6) is 0 Å². The summed E-state index contributed by atoms with van der Waals surface area (Å²) in [6.45, 7) is 2.92. The standard InChI is InChI=1S/C30H25Cl2N3O4S/c1-17-33-26(27(40-17)21-3-2-4-22(31)15-21)28(36)34-23-9-10-25(32)24(16-23)29(37)35-13-11-19(12-14-35)18-5-7-20(8-6-18)30(38)39/h2-10,15-16,19H,11-14H2,1H3,(H,34,36)(H,38,39). The Kier molecular flexibility index (Phi) is 8.21. The fraction of sp³-hybridized carbons (Fsp3) is 0.200. The van der Waals surface area contributed by atoms with Gasteiger partial charge in [0.05, 0.1) is 26.0 Å². The van der Waals surface area contributed by atoms with Gasteiger partial charge in [0.25, 0.3) is 11.8 Å². The molecule has 0 atom stereocenters. The smallest absolute Gasteiger partial charge is 0.335 e. The first kappa shape index (κ1) is 27.8. The first-order chi connectivity index (χ1) is 19.2. The molecule has 1 fully saturated rings. The number of nitrogens with one attached hydrogen (secondary N) is 1. The molecular formula is C30H25Cl2N3O4S. The zero-order valence-corrected chi connectivity index (χ0v) is 23.8. The lowest BCUT2D eigenvalue weighted by Gasteiger charge is -2.32. The van der Waals surface area contributed by atoms with Gasteiger partial charge >= 0.3 is 5.97 Å². The lowest BCUT2D eigenvalue weighted by Crippen LogP contribution is -2.38. The van der Waals surface area contributed by atoms with Crippen molar-refractivity contribution in [3.8, 4) is 10.4 Å². The average molecular weight is 595 g/mol. The Balaban J connectivity index is 1.28. The van der Waals surface area contributed by atoms with Gasteiger partial charge in [-0.1, -0.05) is 47.5 Å². The second-order valence-electron chi connectivity index (χ2n) is 9.56. The molecule has 10 heteroatoms. The van der Waals surface area contributed by atoms with Gasteiger partial charge < -0.3 is 15.3 Å². The van der Waals surface area contributed by atoms with Gasteiger partial charge in [-0.25, -0.2) is 9.78 Å². The van der Waals surface area contributed by atoms with Crippen molar-refractivity contribution in [3.63, 3.8) is 0 Å². The number of amides is 2. The van der Waals surface area contributed by atoms with Crippen LogP contribution < -0.4 is 5.32 Å². The molecule has 4 aromatic rings. The van der Waals surface area contributed by atoms with E-state index in [-0.39, 0.29) is 23.1 Å². The lowest BCUT2D eigenvalue weighted by atomic mass is 9.89. The number of carboxylic acids is 1. The van der Waals surface area contributed by atoms with Crippen LogP contribution in [0.1, 0.15) is 60.5 Å². The van der Waals surface area contributed by atoms with Gasteiger partial charge in [0.15, 0.2) is 0 Å². The maximum Gasteiger partial charge on any atom is 0.335 e. The van der Waals surface area contributed by atoms with Crippen LogP contribution in [-0.4, -0.2) is 45.9 Å². The minimum atomic E-state index is -0.953. The third-order valence-corrected chi connectivity index (χ3v) is 8.49. The maximum atomic E-state index is 13.4. The number of hydrogen-bond donors (Lipinski definition) is 2. The van der Waals surface area contributed by atoms with Crippen molar-refractivity contribution >= 4 is 58.0 Å². The highest BCUT2D eigenvalue weighted by molar-refractivity contribution is 7.15. The van der Waals surface area contributed by atoms with Crippen molar-refractivity contribution in [2.24, 2.45) is 0 Å². The molecule has 0 unspecified atom stereocenters. The molecule has 1 aliphatic rings. The van der Waals surface area contributed by atoms with E-state index in [4.69, 9.17) is 28.3 Å². The molecule has 0 saturated carbocycles. The first-order valence-electron chi connectivity index (χ1n) is 12.7. The Morgan fingerprint density at radius 2 is 1.73 bits per heavy atom. The monoisotopic (exact) mass is 593 g/mol. The Morgan fingerprint density at radius 3 is 2.40 bits per heavy atom. The zero-order chi connectivity index (χ0) is 28.4. The number of piperidine rings is 1. The second-order valence-corrected chi connectivity index (χ2v) is 11.6. The van der Waals surface area contributed by atoms with Crippen molar-refractivity contribution in [2.45, 2.75) is 25.7 Å². The summed E-state index contributed by atoms with van der Waals surface area (Å²) >= 11 is 14.0. The molecule has 7 nitrogen and oxygen atoms in total. The first-order valence-corrected chi connectivity index (χ1v) is 14.2. The summed E-state index contributed by atoms with van der Waals surface area (Å²) < 4.78 is 0. The van der Waals surface area contributed by atoms with Crippen molar-refractivity contribution in [2.75, 3.05) is 18.4 Å². The molecule has 2 N–H and O–H groups in total. The topological polar surface area (TPSA) is 99.6 Å². The number of aromatic carboxylic acids is 1. The molecule has 40 heavy (non-hydrogen) atoms. The summed E-state index contributed by atoms with van der Waals surface area (Å²) in [5.74, 6) is -1.31. The van der Waals surface area contributed by atoms with Gasteiger partial charge in [-0.2, -0.15) is 0 Å². The van der Waals surface area contributed by atoms with Gasteiger partial charge in [0.1, 0.15) is 5.69 Å². The third-order valence-electron chi connectivity index (χ3n) is 6.90. The normalized spacial score (nSPS) is 13.7. The van der Waals surface area contributed by atoms with E-state index in [0.717, 1.165) is 29.0 Å². The van der Waals surface area contributed by atoms with Crippen LogP contribution in [0.2, 0.25) is 10.0 Å². The third kappa shape index (κ3) is 6.04. The molecule has 0 aliphatic carbocycles. The summed E-state index contributed by atoms with van der Waals surface area (Å²) in [6.07, 6.45) is 1.50. The molecule has 3 aromatic carbocycles. The predicted molar refractivity (Wildman–Crippen MR) is 158 cm³/mol. The number of rotatable bonds is 6. The molecule has 5 rings (SSSR count). The van der Waals surface area contributed by atoms with Crippen LogP contribution in [0, 0.1) is 6.92 Å². The number of halogens is 2. The average Bonchev–Trinajstić information content (AvgIpc) is 3.36. The van der Waals surface area contributed by atoms with E-state index in [9.17, 15) is 14.4 Å². The van der Waals surface area contributed by atoms with E-state index in [1.165, 1.54) is 11.3 Å². The van der Waals surface area contributed by atoms with Crippen molar-refractivity contribution < 1.29 is 19.5 Å². The minimum Gasteiger partial charge on any atom is -0.478 e. The number of carbonyl (C=O) groups excluding carboxylic acids is 2. The number of carboxylic acid groups (broad SMARTS) is 1. The highest BCUT2D eigenvalue weighted by Crippen LogP contribution is 2.33. The van der Waals surface area contributed by atoms with Crippen LogP contribution in [0.15, 0.2) is 66.7 Å². The highest BCUT2D eigenvalue weighted by Gasteiger charge is 2.27. The number of thiazole rings is 1. The molecule has 0 bridgehead atoms. The quantitative estimate of drug-likeness (QED) is 0.243. The number of anilines is 1. The SMILES string of the molecule is Cc1nc(C(=O)Nc2ccc(Cl)c(C(=O)N3CCC(c4ccc(C(=O)O)cc4)CC3)c2)c(-c2cccc(Cl)c2)s1. The van der Waals surface area contributed by atoms with Crippen molar-refractivity contribution in [1.82, 2.24) is 9.88 Å². The number of likely N-dealkylation sites (tertiary alicyclic amines) is 1. The molecule has 1 aliphatic heterocycles. The van der Waals surface area contributed by atoms with Crippen LogP contribution in [0.4, 0.5) is 5.69 Å². The minimum absolute atomic E-state index is 0.204. The number of aryl methyl sites for hydroxylation is 1. The number of nitrogens with zero attached hydrogens (tertiary/aromatic N) is 2. The van der Waals surface area contributed by atoms with Gasteiger partial charge in [-0.05, 0) is 79.3 Å². The van der Waals surface area contributed by atoms with Gasteiger partial charge in [0.2, 0.25) is 0 Å². The zero-order valence-electron chi connectivity index (χ0n) is 21.5. The maximum absolute atomic E-state index is 13.4. The largest absolute Gasteiger partial charge is 0.478 e. The summed E-state index contributed by atoms with van der Waals surface area (Å²) in [4.78, 5) is 44.7. The summed E-state index contributed by atoms with van der Waals surface area (Å²) in [7, 11) is 0.